The maximum atomic E-state index is 13.3. The first kappa shape index (κ1) is 14.7. The quantitative estimate of drug-likeness (QED) is 0.794. The molecule has 1 saturated heterocycles. The van der Waals surface area contributed by atoms with E-state index in [9.17, 15) is 9.18 Å². The fourth-order valence-corrected chi connectivity index (χ4v) is 4.05. The monoisotopic (exact) mass is 346 g/mol. The zero-order valence-corrected chi connectivity index (χ0v) is 13.2. The second-order valence-corrected chi connectivity index (χ2v) is 7.56. The number of benzene rings is 1. The van der Waals surface area contributed by atoms with E-state index in [1.165, 1.54) is 12.1 Å². The van der Waals surface area contributed by atoms with Crippen molar-refractivity contribution in [1.82, 2.24) is 4.90 Å². The van der Waals surface area contributed by atoms with Crippen LogP contribution < -0.4 is 5.73 Å². The van der Waals surface area contributed by atoms with E-state index in [4.69, 9.17) is 5.73 Å². The number of nitrogen functional groups attached to an aromatic ring is 1. The third-order valence-corrected chi connectivity index (χ3v) is 4.91. The Morgan fingerprint density at radius 3 is 2.58 bits per heavy atom. The molecule has 2 N–H and O–H groups in total. The van der Waals surface area contributed by atoms with Gasteiger partial charge in [-0.1, -0.05) is 13.8 Å². The maximum Gasteiger partial charge on any atom is 0.255 e. The lowest BCUT2D eigenvalue weighted by Crippen LogP contribution is -2.44. The van der Waals surface area contributed by atoms with Gasteiger partial charge in [0.15, 0.2) is 0 Å². The highest BCUT2D eigenvalue weighted by Gasteiger charge is 2.27. The van der Waals surface area contributed by atoms with Gasteiger partial charge in [0.25, 0.3) is 5.91 Å². The Morgan fingerprint density at radius 1 is 1.42 bits per heavy atom. The van der Waals surface area contributed by atoms with Gasteiger partial charge in [0.05, 0.1) is 11.3 Å². The van der Waals surface area contributed by atoms with Gasteiger partial charge in [0.1, 0.15) is 5.82 Å². The number of anilines is 1. The molecule has 0 aromatic heterocycles. The Balaban J connectivity index is 2.26. The number of hydrogen-bond acceptors (Lipinski definition) is 3. The number of carbonyl (C=O) groups excluding carboxylic acids is 1. The van der Waals surface area contributed by atoms with Crippen LogP contribution in [0.1, 0.15) is 24.2 Å². The zero-order chi connectivity index (χ0) is 14.2. The molecule has 19 heavy (non-hydrogen) atoms. The molecule has 1 aliphatic heterocycles. The van der Waals surface area contributed by atoms with E-state index in [1.807, 2.05) is 16.7 Å². The summed E-state index contributed by atoms with van der Waals surface area (Å²) in [6, 6.07) is 2.65. The minimum Gasteiger partial charge on any atom is -0.396 e. The average Bonchev–Trinajstić information content (AvgIpc) is 2.31. The van der Waals surface area contributed by atoms with E-state index < -0.39 is 5.82 Å². The lowest BCUT2D eigenvalue weighted by molar-refractivity contribution is 0.0752. The Morgan fingerprint density at radius 2 is 2.00 bits per heavy atom. The predicted molar refractivity (Wildman–Crippen MR) is 80.9 cm³/mol. The summed E-state index contributed by atoms with van der Waals surface area (Å²) in [6.45, 7) is 5.62. The fraction of sp³-hybridized carbons (Fsp3) is 0.462. The number of amides is 1. The van der Waals surface area contributed by atoms with Crippen LogP contribution in [0.25, 0.3) is 0 Å². The third kappa shape index (κ3) is 3.23. The van der Waals surface area contributed by atoms with Gasteiger partial charge in [-0.15, -0.1) is 0 Å². The highest BCUT2D eigenvalue weighted by molar-refractivity contribution is 9.10. The summed E-state index contributed by atoms with van der Waals surface area (Å²) < 4.78 is 13.8. The molecule has 1 heterocycles. The molecule has 1 aromatic carbocycles. The SMILES string of the molecule is CC1CN(C(=O)c2cc(N)c(F)cc2Br)CC(C)S1. The number of halogens is 2. The fourth-order valence-electron chi connectivity index (χ4n) is 2.24. The Labute approximate surface area is 124 Å². The second-order valence-electron chi connectivity index (χ2n) is 4.82. The Hall–Kier alpha value is -0.750. The predicted octanol–water partition coefficient (Wildman–Crippen LogP) is 3.14. The normalized spacial score (nSPS) is 23.5. The Bertz CT molecular complexity index is 502. The molecule has 0 aliphatic carbocycles. The molecule has 2 rings (SSSR count). The third-order valence-electron chi connectivity index (χ3n) is 3.02. The van der Waals surface area contributed by atoms with E-state index >= 15 is 0 Å². The van der Waals surface area contributed by atoms with Crippen molar-refractivity contribution in [3.63, 3.8) is 0 Å². The smallest absolute Gasteiger partial charge is 0.255 e. The molecule has 3 nitrogen and oxygen atoms in total. The van der Waals surface area contributed by atoms with E-state index in [0.717, 1.165) is 0 Å². The van der Waals surface area contributed by atoms with E-state index in [2.05, 4.69) is 29.8 Å². The van der Waals surface area contributed by atoms with Gasteiger partial charge in [-0.2, -0.15) is 11.8 Å². The van der Waals surface area contributed by atoms with Crippen LogP contribution >= 0.6 is 27.7 Å². The van der Waals surface area contributed by atoms with Crippen molar-refractivity contribution < 1.29 is 9.18 Å². The number of nitrogens with zero attached hydrogens (tertiary/aromatic N) is 1. The molecular formula is C13H16BrFN2OS. The number of carbonyl (C=O) groups is 1. The van der Waals surface area contributed by atoms with Crippen LogP contribution in [0.3, 0.4) is 0 Å². The summed E-state index contributed by atoms with van der Waals surface area (Å²) in [7, 11) is 0. The van der Waals surface area contributed by atoms with Crippen molar-refractivity contribution >= 4 is 39.3 Å². The van der Waals surface area contributed by atoms with Crippen LogP contribution in [0.4, 0.5) is 10.1 Å². The molecule has 104 valence electrons. The van der Waals surface area contributed by atoms with Crippen molar-refractivity contribution in [2.24, 2.45) is 0 Å². The van der Waals surface area contributed by atoms with Crippen molar-refractivity contribution in [2.45, 2.75) is 24.3 Å². The van der Waals surface area contributed by atoms with E-state index in [0.29, 0.717) is 33.6 Å². The van der Waals surface area contributed by atoms with Crippen LogP contribution in [-0.2, 0) is 0 Å². The zero-order valence-electron chi connectivity index (χ0n) is 10.8. The average molecular weight is 347 g/mol. The first-order valence-corrected chi connectivity index (χ1v) is 7.81. The number of rotatable bonds is 1. The number of hydrogen-bond donors (Lipinski definition) is 1. The first-order valence-electron chi connectivity index (χ1n) is 6.07. The van der Waals surface area contributed by atoms with Gasteiger partial charge < -0.3 is 10.6 Å². The topological polar surface area (TPSA) is 46.3 Å². The van der Waals surface area contributed by atoms with Crippen LogP contribution in [0, 0.1) is 5.82 Å². The summed E-state index contributed by atoms with van der Waals surface area (Å²) in [5.74, 6) is -0.614. The van der Waals surface area contributed by atoms with Crippen LogP contribution in [-0.4, -0.2) is 34.4 Å². The van der Waals surface area contributed by atoms with Crippen molar-refractivity contribution in [2.75, 3.05) is 18.8 Å². The van der Waals surface area contributed by atoms with Gasteiger partial charge in [-0.3, -0.25) is 4.79 Å². The second kappa shape index (κ2) is 5.71. The lowest BCUT2D eigenvalue weighted by atomic mass is 10.1. The summed E-state index contributed by atoms with van der Waals surface area (Å²) in [5, 5.41) is 0.813. The summed E-state index contributed by atoms with van der Waals surface area (Å²) in [6.07, 6.45) is 0. The van der Waals surface area contributed by atoms with Crippen molar-refractivity contribution in [3.8, 4) is 0 Å². The molecule has 0 saturated carbocycles. The van der Waals surface area contributed by atoms with Gasteiger partial charge in [-0.05, 0) is 28.1 Å². The van der Waals surface area contributed by atoms with Crippen LogP contribution in [0.2, 0.25) is 0 Å². The highest BCUT2D eigenvalue weighted by atomic mass is 79.9. The minimum absolute atomic E-state index is 0.000897. The molecule has 1 aromatic rings. The van der Waals surface area contributed by atoms with Gasteiger partial charge in [0.2, 0.25) is 0 Å². The molecule has 0 spiro atoms. The highest BCUT2D eigenvalue weighted by Crippen LogP contribution is 2.28. The van der Waals surface area contributed by atoms with E-state index in [-0.39, 0.29) is 11.6 Å². The lowest BCUT2D eigenvalue weighted by Gasteiger charge is -2.34. The summed E-state index contributed by atoms with van der Waals surface area (Å²) in [4.78, 5) is 14.3. The largest absolute Gasteiger partial charge is 0.396 e. The summed E-state index contributed by atoms with van der Waals surface area (Å²) in [5.41, 5.74) is 5.96. The van der Waals surface area contributed by atoms with E-state index in [1.54, 1.807) is 0 Å². The molecule has 2 unspecified atom stereocenters. The molecule has 2 atom stereocenters. The van der Waals surface area contributed by atoms with Gasteiger partial charge >= 0.3 is 0 Å². The molecule has 1 fully saturated rings. The van der Waals surface area contributed by atoms with Gasteiger partial charge in [-0.25, -0.2) is 4.39 Å². The first-order chi connectivity index (χ1) is 8.88. The molecule has 1 amide bonds. The number of nitrogens with two attached hydrogens (primary N) is 1. The standard InChI is InChI=1S/C13H16BrFN2OS/c1-7-5-17(6-8(2)19-7)13(18)9-3-12(16)11(15)4-10(9)14/h3-4,7-8H,5-6,16H2,1-2H3. The minimum atomic E-state index is -0.514. The van der Waals surface area contributed by atoms with Crippen molar-refractivity contribution in [1.29, 1.82) is 0 Å². The van der Waals surface area contributed by atoms with Crippen LogP contribution in [0.15, 0.2) is 16.6 Å². The van der Waals surface area contributed by atoms with Crippen molar-refractivity contribution in [3.05, 3.63) is 28.0 Å². The Kier molecular flexibility index (Phi) is 4.40. The van der Waals surface area contributed by atoms with Gasteiger partial charge in [0, 0.05) is 28.1 Å². The molecule has 1 aliphatic rings. The van der Waals surface area contributed by atoms with Crippen LogP contribution in [0.5, 0.6) is 0 Å². The molecule has 0 radical (unpaired) electrons. The molecule has 0 bridgehead atoms. The summed E-state index contributed by atoms with van der Waals surface area (Å²) >= 11 is 5.11. The maximum absolute atomic E-state index is 13.3. The molecular weight excluding hydrogens is 331 g/mol. The molecule has 6 heteroatoms. The number of thioether (sulfide) groups is 1.